The second-order valence-electron chi connectivity index (χ2n) is 6.91. The molecule has 1 heterocycles. The molecule has 4 aromatic rings. The Morgan fingerprint density at radius 2 is 1.60 bits per heavy atom. The smallest absolute Gasteiger partial charge is 0.275 e. The minimum atomic E-state index is -0.285. The molecule has 1 aromatic heterocycles. The van der Waals surface area contributed by atoms with E-state index in [1.165, 1.54) is 10.2 Å². The van der Waals surface area contributed by atoms with Crippen LogP contribution in [0.4, 0.5) is 5.69 Å². The van der Waals surface area contributed by atoms with Gasteiger partial charge in [0.15, 0.2) is 0 Å². The molecule has 0 bridgehead atoms. The van der Waals surface area contributed by atoms with E-state index in [1.807, 2.05) is 67.6 Å². The van der Waals surface area contributed by atoms with Crippen LogP contribution < -0.4 is 10.9 Å². The summed E-state index contributed by atoms with van der Waals surface area (Å²) < 4.78 is 1.23. The van der Waals surface area contributed by atoms with Crippen LogP contribution in [0, 0.1) is 6.92 Å². The zero-order chi connectivity index (χ0) is 20.9. The lowest BCUT2D eigenvalue weighted by atomic mass is 10.1. The number of fused-ring (bicyclic) bond motifs is 1. The zero-order valence-electron chi connectivity index (χ0n) is 16.5. The Bertz CT molecular complexity index is 1250. The Labute approximate surface area is 178 Å². The lowest BCUT2D eigenvalue weighted by Gasteiger charge is -2.12. The van der Waals surface area contributed by atoms with E-state index in [2.05, 4.69) is 22.5 Å². The third-order valence-corrected chi connectivity index (χ3v) is 5.89. The van der Waals surface area contributed by atoms with Gasteiger partial charge in [0.05, 0.1) is 16.8 Å². The highest BCUT2D eigenvalue weighted by atomic mass is 32.2. The molecular formula is C24H21N3O2S. The third-order valence-electron chi connectivity index (χ3n) is 4.74. The van der Waals surface area contributed by atoms with Gasteiger partial charge < -0.3 is 5.32 Å². The number of hydrogen-bond acceptors (Lipinski definition) is 4. The normalized spacial score (nSPS) is 10.8. The minimum absolute atomic E-state index is 0.137. The Morgan fingerprint density at radius 3 is 2.40 bits per heavy atom. The average molecular weight is 416 g/mol. The van der Waals surface area contributed by atoms with Crippen molar-refractivity contribution in [3.05, 3.63) is 100 Å². The van der Waals surface area contributed by atoms with Crippen molar-refractivity contribution in [1.82, 2.24) is 9.78 Å². The summed E-state index contributed by atoms with van der Waals surface area (Å²) >= 11 is 1.66. The van der Waals surface area contributed by atoms with E-state index in [0.717, 1.165) is 27.4 Å². The number of thioether (sulfide) groups is 1. The van der Waals surface area contributed by atoms with Crippen molar-refractivity contribution in [2.45, 2.75) is 24.1 Å². The van der Waals surface area contributed by atoms with E-state index < -0.39 is 0 Å². The van der Waals surface area contributed by atoms with E-state index in [4.69, 9.17) is 0 Å². The average Bonchev–Trinajstić information content (AvgIpc) is 2.77. The highest BCUT2D eigenvalue weighted by Gasteiger charge is 2.12. The van der Waals surface area contributed by atoms with Gasteiger partial charge in [0.2, 0.25) is 5.91 Å². The van der Waals surface area contributed by atoms with Gasteiger partial charge in [0.25, 0.3) is 5.56 Å². The maximum atomic E-state index is 12.7. The number of nitrogens with one attached hydrogen (secondary N) is 1. The van der Waals surface area contributed by atoms with Crippen LogP contribution in [0.2, 0.25) is 0 Å². The van der Waals surface area contributed by atoms with Crippen molar-refractivity contribution in [3.8, 4) is 0 Å². The molecule has 0 aliphatic carbocycles. The number of aromatic nitrogens is 2. The molecule has 30 heavy (non-hydrogen) atoms. The maximum Gasteiger partial charge on any atom is 0.275 e. The molecular weight excluding hydrogens is 394 g/mol. The Morgan fingerprint density at radius 1 is 0.933 bits per heavy atom. The van der Waals surface area contributed by atoms with E-state index >= 15 is 0 Å². The molecule has 6 heteroatoms. The monoisotopic (exact) mass is 415 g/mol. The second kappa shape index (κ2) is 8.97. The largest absolute Gasteiger partial charge is 0.323 e. The van der Waals surface area contributed by atoms with Gasteiger partial charge in [-0.2, -0.15) is 5.10 Å². The molecule has 0 radical (unpaired) electrons. The zero-order valence-corrected chi connectivity index (χ0v) is 17.4. The van der Waals surface area contributed by atoms with Crippen molar-refractivity contribution < 1.29 is 4.79 Å². The summed E-state index contributed by atoms with van der Waals surface area (Å²) in [5, 5.41) is 8.62. The molecule has 0 fully saturated rings. The van der Waals surface area contributed by atoms with Crippen molar-refractivity contribution in [3.63, 3.8) is 0 Å². The number of anilines is 1. The number of para-hydroxylation sites is 1. The first kappa shape index (κ1) is 19.9. The van der Waals surface area contributed by atoms with Crippen LogP contribution in [0.15, 0.2) is 88.6 Å². The molecule has 150 valence electrons. The van der Waals surface area contributed by atoms with Crippen LogP contribution in [-0.4, -0.2) is 15.7 Å². The summed E-state index contributed by atoms with van der Waals surface area (Å²) in [6, 6.07) is 25.2. The molecule has 3 aromatic carbocycles. The molecule has 1 amide bonds. The molecule has 0 unspecified atom stereocenters. The molecule has 0 spiro atoms. The SMILES string of the molecule is Cc1nn(CC(=O)Nc2ccccc2SCc2ccccc2)c(=O)c2ccccc12. The fourth-order valence-corrected chi connectivity index (χ4v) is 4.23. The summed E-state index contributed by atoms with van der Waals surface area (Å²) in [5.74, 6) is 0.519. The van der Waals surface area contributed by atoms with Crippen LogP contribution in [0.3, 0.4) is 0 Å². The quantitative estimate of drug-likeness (QED) is 0.466. The van der Waals surface area contributed by atoms with Crippen LogP contribution in [-0.2, 0) is 17.1 Å². The first-order chi connectivity index (χ1) is 14.6. The summed E-state index contributed by atoms with van der Waals surface area (Å²) in [6.45, 7) is 1.70. The first-order valence-electron chi connectivity index (χ1n) is 9.64. The number of nitrogens with zero attached hydrogens (tertiary/aromatic N) is 2. The summed E-state index contributed by atoms with van der Waals surface area (Å²) in [5.41, 5.74) is 2.40. The van der Waals surface area contributed by atoms with Crippen molar-refractivity contribution in [1.29, 1.82) is 0 Å². The van der Waals surface area contributed by atoms with Gasteiger partial charge in [0, 0.05) is 16.0 Å². The highest BCUT2D eigenvalue weighted by Crippen LogP contribution is 2.29. The van der Waals surface area contributed by atoms with Crippen LogP contribution >= 0.6 is 11.8 Å². The van der Waals surface area contributed by atoms with Crippen molar-refractivity contribution in [2.24, 2.45) is 0 Å². The van der Waals surface area contributed by atoms with Crippen molar-refractivity contribution in [2.75, 3.05) is 5.32 Å². The maximum absolute atomic E-state index is 12.7. The van der Waals surface area contributed by atoms with Crippen molar-refractivity contribution >= 4 is 34.1 Å². The Balaban J connectivity index is 1.51. The van der Waals surface area contributed by atoms with Gasteiger partial charge in [-0.1, -0.05) is 60.7 Å². The molecule has 5 nitrogen and oxygen atoms in total. The number of rotatable bonds is 6. The van der Waals surface area contributed by atoms with E-state index in [0.29, 0.717) is 5.39 Å². The Kier molecular flexibility index (Phi) is 5.95. The standard InChI is InChI=1S/C24H21N3O2S/c1-17-19-11-5-6-12-20(19)24(29)27(26-17)15-23(28)25-21-13-7-8-14-22(21)30-16-18-9-3-2-4-10-18/h2-14H,15-16H2,1H3,(H,25,28). The number of benzene rings is 3. The summed E-state index contributed by atoms with van der Waals surface area (Å²) in [6.07, 6.45) is 0. The summed E-state index contributed by atoms with van der Waals surface area (Å²) in [7, 11) is 0. The number of carbonyl (C=O) groups excluding carboxylic acids is 1. The molecule has 0 aliphatic rings. The molecule has 0 saturated heterocycles. The predicted molar refractivity (Wildman–Crippen MR) is 122 cm³/mol. The van der Waals surface area contributed by atoms with E-state index in [-0.39, 0.29) is 18.0 Å². The minimum Gasteiger partial charge on any atom is -0.323 e. The van der Waals surface area contributed by atoms with Gasteiger partial charge in [0.1, 0.15) is 6.54 Å². The summed E-state index contributed by atoms with van der Waals surface area (Å²) in [4.78, 5) is 26.4. The number of hydrogen-bond donors (Lipinski definition) is 1. The topological polar surface area (TPSA) is 64.0 Å². The number of amides is 1. The predicted octanol–water partition coefficient (Wildman–Crippen LogP) is 4.64. The Hall–Kier alpha value is -3.38. The van der Waals surface area contributed by atoms with Gasteiger partial charge in [-0.25, -0.2) is 4.68 Å². The van der Waals surface area contributed by atoms with Gasteiger partial charge in [-0.05, 0) is 30.7 Å². The lowest BCUT2D eigenvalue weighted by Crippen LogP contribution is -2.30. The molecule has 0 atom stereocenters. The fraction of sp³-hybridized carbons (Fsp3) is 0.125. The van der Waals surface area contributed by atoms with Crippen LogP contribution in [0.5, 0.6) is 0 Å². The highest BCUT2D eigenvalue weighted by molar-refractivity contribution is 7.98. The fourth-order valence-electron chi connectivity index (χ4n) is 3.27. The lowest BCUT2D eigenvalue weighted by molar-refractivity contribution is -0.117. The van der Waals surface area contributed by atoms with Gasteiger partial charge in [-0.15, -0.1) is 11.8 Å². The molecule has 0 saturated carbocycles. The van der Waals surface area contributed by atoms with E-state index in [1.54, 1.807) is 17.8 Å². The van der Waals surface area contributed by atoms with E-state index in [9.17, 15) is 9.59 Å². The number of aryl methyl sites for hydroxylation is 1. The number of carbonyl (C=O) groups is 1. The van der Waals surface area contributed by atoms with Crippen LogP contribution in [0.25, 0.3) is 10.8 Å². The van der Waals surface area contributed by atoms with Crippen LogP contribution in [0.1, 0.15) is 11.3 Å². The van der Waals surface area contributed by atoms with Gasteiger partial charge >= 0.3 is 0 Å². The second-order valence-corrected chi connectivity index (χ2v) is 7.93. The molecule has 1 N–H and O–H groups in total. The molecule has 0 aliphatic heterocycles. The van der Waals surface area contributed by atoms with Gasteiger partial charge in [-0.3, -0.25) is 9.59 Å². The first-order valence-corrected chi connectivity index (χ1v) is 10.6. The third kappa shape index (κ3) is 4.44. The molecule has 4 rings (SSSR count).